The molecule has 0 atom stereocenters. The van der Waals surface area contributed by atoms with Crippen LogP contribution in [0.5, 0.6) is 0 Å². The number of hydrogen-bond donors (Lipinski definition) is 2. The van der Waals surface area contributed by atoms with Crippen LogP contribution in [0.4, 0.5) is 5.69 Å². The van der Waals surface area contributed by atoms with E-state index in [-0.39, 0.29) is 0 Å². The van der Waals surface area contributed by atoms with Gasteiger partial charge in [0.1, 0.15) is 0 Å². The van der Waals surface area contributed by atoms with Gasteiger partial charge in [-0.25, -0.2) is 4.79 Å². The van der Waals surface area contributed by atoms with Crippen molar-refractivity contribution < 1.29 is 9.53 Å². The first kappa shape index (κ1) is 9.51. The molecule has 2 aromatic rings. The van der Waals surface area contributed by atoms with Crippen LogP contribution in [-0.4, -0.2) is 22.8 Å². The van der Waals surface area contributed by atoms with E-state index in [0.29, 0.717) is 17.9 Å². The zero-order valence-corrected chi connectivity index (χ0v) is 8.28. The van der Waals surface area contributed by atoms with Crippen molar-refractivity contribution in [3.63, 3.8) is 0 Å². The number of rotatable bonds is 2. The molecule has 3 N–H and O–H groups in total. The number of H-pyrrole nitrogens is 1. The second kappa shape index (κ2) is 3.61. The summed E-state index contributed by atoms with van der Waals surface area (Å²) in [7, 11) is 0. The highest BCUT2D eigenvalue weighted by atomic mass is 16.5. The summed E-state index contributed by atoms with van der Waals surface area (Å²) in [5.41, 5.74) is 7.31. The number of aromatic nitrogens is 2. The fraction of sp³-hybridized carbons (Fsp3) is 0.200. The van der Waals surface area contributed by atoms with E-state index in [9.17, 15) is 4.79 Å². The van der Waals surface area contributed by atoms with Crippen LogP contribution >= 0.6 is 0 Å². The average Bonchev–Trinajstić information content (AvgIpc) is 2.63. The Morgan fingerprint density at radius 2 is 2.40 bits per heavy atom. The lowest BCUT2D eigenvalue weighted by Gasteiger charge is -2.04. The van der Waals surface area contributed by atoms with Crippen molar-refractivity contribution in [2.45, 2.75) is 6.92 Å². The number of benzene rings is 1. The quantitative estimate of drug-likeness (QED) is 0.572. The Labute approximate surface area is 86.2 Å². The van der Waals surface area contributed by atoms with Gasteiger partial charge in [0.15, 0.2) is 0 Å². The molecule has 0 bridgehead atoms. The van der Waals surface area contributed by atoms with Gasteiger partial charge >= 0.3 is 5.97 Å². The van der Waals surface area contributed by atoms with E-state index >= 15 is 0 Å². The molecule has 0 amide bonds. The molecule has 5 nitrogen and oxygen atoms in total. The molecule has 0 radical (unpaired) electrons. The summed E-state index contributed by atoms with van der Waals surface area (Å²) >= 11 is 0. The van der Waals surface area contributed by atoms with Crippen LogP contribution in [-0.2, 0) is 4.74 Å². The number of nitrogens with zero attached hydrogens (tertiary/aromatic N) is 1. The van der Waals surface area contributed by atoms with Gasteiger partial charge < -0.3 is 10.5 Å². The van der Waals surface area contributed by atoms with Crippen molar-refractivity contribution in [1.29, 1.82) is 0 Å². The third-order valence-corrected chi connectivity index (χ3v) is 2.11. The Hall–Kier alpha value is -2.04. The molecule has 0 spiro atoms. The third kappa shape index (κ3) is 1.63. The average molecular weight is 205 g/mol. The SMILES string of the molecule is CCOC(=O)c1cc2cn[nH]c2cc1N. The lowest BCUT2D eigenvalue weighted by atomic mass is 10.1. The van der Waals surface area contributed by atoms with E-state index in [1.54, 1.807) is 25.3 Å². The molecule has 0 aliphatic heterocycles. The lowest BCUT2D eigenvalue weighted by Crippen LogP contribution is -2.07. The molecular weight excluding hydrogens is 194 g/mol. The van der Waals surface area contributed by atoms with Crippen LogP contribution in [0, 0.1) is 0 Å². The van der Waals surface area contributed by atoms with Gasteiger partial charge in [-0.2, -0.15) is 5.10 Å². The van der Waals surface area contributed by atoms with E-state index in [1.807, 2.05) is 0 Å². The number of aromatic amines is 1. The van der Waals surface area contributed by atoms with E-state index in [2.05, 4.69) is 10.2 Å². The molecule has 0 aliphatic rings. The Morgan fingerprint density at radius 1 is 1.60 bits per heavy atom. The molecule has 1 aromatic heterocycles. The maximum Gasteiger partial charge on any atom is 0.340 e. The minimum Gasteiger partial charge on any atom is -0.462 e. The van der Waals surface area contributed by atoms with Crippen molar-refractivity contribution in [2.75, 3.05) is 12.3 Å². The van der Waals surface area contributed by atoms with Crippen molar-refractivity contribution in [3.8, 4) is 0 Å². The highest BCUT2D eigenvalue weighted by molar-refractivity contribution is 6.00. The molecule has 15 heavy (non-hydrogen) atoms. The van der Waals surface area contributed by atoms with Gasteiger partial charge in [0.05, 0.1) is 23.9 Å². The Balaban J connectivity index is 2.50. The Morgan fingerprint density at radius 3 is 3.13 bits per heavy atom. The zero-order valence-electron chi connectivity index (χ0n) is 8.28. The Kier molecular flexibility index (Phi) is 2.29. The molecule has 1 aromatic carbocycles. The summed E-state index contributed by atoms with van der Waals surface area (Å²) in [4.78, 5) is 11.5. The van der Waals surface area contributed by atoms with Gasteiger partial charge in [-0.1, -0.05) is 0 Å². The van der Waals surface area contributed by atoms with Crippen LogP contribution < -0.4 is 5.73 Å². The van der Waals surface area contributed by atoms with Crippen molar-refractivity contribution >= 4 is 22.6 Å². The number of anilines is 1. The number of fused-ring (bicyclic) bond motifs is 1. The molecule has 0 fully saturated rings. The predicted molar refractivity (Wildman–Crippen MR) is 56.5 cm³/mol. The van der Waals surface area contributed by atoms with Gasteiger partial charge in [-0.05, 0) is 19.1 Å². The maximum atomic E-state index is 11.5. The number of hydrogen-bond acceptors (Lipinski definition) is 4. The fourth-order valence-corrected chi connectivity index (χ4v) is 1.39. The minimum atomic E-state index is -0.405. The highest BCUT2D eigenvalue weighted by Crippen LogP contribution is 2.20. The molecule has 0 saturated carbocycles. The van der Waals surface area contributed by atoms with Crippen LogP contribution in [0.15, 0.2) is 18.3 Å². The van der Waals surface area contributed by atoms with E-state index < -0.39 is 5.97 Å². The second-order valence-electron chi connectivity index (χ2n) is 3.12. The molecular formula is C10H11N3O2. The summed E-state index contributed by atoms with van der Waals surface area (Å²) in [6.45, 7) is 2.09. The molecule has 78 valence electrons. The summed E-state index contributed by atoms with van der Waals surface area (Å²) in [6, 6.07) is 3.35. The number of esters is 1. The summed E-state index contributed by atoms with van der Waals surface area (Å²) < 4.78 is 4.88. The molecule has 0 saturated heterocycles. The van der Waals surface area contributed by atoms with E-state index in [0.717, 1.165) is 10.9 Å². The number of nitrogens with two attached hydrogens (primary N) is 1. The van der Waals surface area contributed by atoms with Crippen molar-refractivity contribution in [3.05, 3.63) is 23.9 Å². The first-order chi connectivity index (χ1) is 7.22. The molecule has 0 unspecified atom stereocenters. The molecule has 2 rings (SSSR count). The second-order valence-corrected chi connectivity index (χ2v) is 3.12. The predicted octanol–water partition coefficient (Wildman–Crippen LogP) is 1.32. The third-order valence-electron chi connectivity index (χ3n) is 2.11. The number of carbonyl (C=O) groups excluding carboxylic acids is 1. The number of carbonyl (C=O) groups is 1. The maximum absolute atomic E-state index is 11.5. The fourth-order valence-electron chi connectivity index (χ4n) is 1.39. The van der Waals surface area contributed by atoms with Crippen molar-refractivity contribution in [2.24, 2.45) is 0 Å². The largest absolute Gasteiger partial charge is 0.462 e. The highest BCUT2D eigenvalue weighted by Gasteiger charge is 2.12. The molecule has 0 aliphatic carbocycles. The number of nitrogens with one attached hydrogen (secondary N) is 1. The normalized spacial score (nSPS) is 10.5. The van der Waals surface area contributed by atoms with Gasteiger partial charge in [0, 0.05) is 11.1 Å². The molecule has 5 heteroatoms. The standard InChI is InChI=1S/C10H11N3O2/c1-2-15-10(14)7-3-6-5-12-13-9(6)4-8(7)11/h3-5H,2,11H2,1H3,(H,12,13). The number of nitrogen functional groups attached to an aromatic ring is 1. The van der Waals surface area contributed by atoms with Crippen LogP contribution in [0.25, 0.3) is 10.9 Å². The summed E-state index contributed by atoms with van der Waals surface area (Å²) in [5, 5.41) is 7.47. The summed E-state index contributed by atoms with van der Waals surface area (Å²) in [5.74, 6) is -0.405. The minimum absolute atomic E-state index is 0.335. The van der Waals surface area contributed by atoms with Gasteiger partial charge in [-0.15, -0.1) is 0 Å². The topological polar surface area (TPSA) is 81.0 Å². The summed E-state index contributed by atoms with van der Waals surface area (Å²) in [6.07, 6.45) is 1.64. The Bertz CT molecular complexity index is 504. The van der Waals surface area contributed by atoms with Crippen LogP contribution in [0.1, 0.15) is 17.3 Å². The number of ether oxygens (including phenoxy) is 1. The monoisotopic (exact) mass is 205 g/mol. The van der Waals surface area contributed by atoms with Gasteiger partial charge in [0.25, 0.3) is 0 Å². The van der Waals surface area contributed by atoms with E-state index in [4.69, 9.17) is 10.5 Å². The van der Waals surface area contributed by atoms with Crippen molar-refractivity contribution in [1.82, 2.24) is 10.2 Å². The van der Waals surface area contributed by atoms with Gasteiger partial charge in [-0.3, -0.25) is 5.10 Å². The van der Waals surface area contributed by atoms with Crippen LogP contribution in [0.3, 0.4) is 0 Å². The van der Waals surface area contributed by atoms with E-state index in [1.165, 1.54) is 0 Å². The first-order valence-electron chi connectivity index (χ1n) is 4.62. The first-order valence-corrected chi connectivity index (χ1v) is 4.62. The molecule has 1 heterocycles. The lowest BCUT2D eigenvalue weighted by molar-refractivity contribution is 0.0528. The smallest absolute Gasteiger partial charge is 0.340 e. The van der Waals surface area contributed by atoms with Gasteiger partial charge in [0.2, 0.25) is 0 Å². The van der Waals surface area contributed by atoms with Crippen LogP contribution in [0.2, 0.25) is 0 Å². The zero-order chi connectivity index (χ0) is 10.8.